The van der Waals surface area contributed by atoms with Crippen LogP contribution in [-0.4, -0.2) is 31.8 Å². The lowest BCUT2D eigenvalue weighted by Gasteiger charge is -2.00. The molecule has 0 aromatic heterocycles. The number of carboxylic acid groups (broad SMARTS) is 1. The molecule has 7 heteroatoms. The Kier molecular flexibility index (Phi) is 2.28. The van der Waals surface area contributed by atoms with Gasteiger partial charge in [0, 0.05) is 12.1 Å². The summed E-state index contributed by atoms with van der Waals surface area (Å²) in [6, 6.07) is 3.83. The Labute approximate surface area is 91.5 Å². The number of nitrogens with two attached hydrogens (primary N) is 1. The standard InChI is InChI=1S/C9H8N2O4S/c10-4-7-6-2-1-5(9(12)13)3-8(6)16(14,15)11-7/h1-3H,4,10H2,(H,12,13). The molecule has 1 aromatic rings. The van der Waals surface area contributed by atoms with Crippen LogP contribution in [0.3, 0.4) is 0 Å². The first-order valence-electron chi connectivity index (χ1n) is 4.37. The zero-order chi connectivity index (χ0) is 11.9. The molecule has 16 heavy (non-hydrogen) atoms. The third-order valence-corrected chi connectivity index (χ3v) is 3.60. The van der Waals surface area contributed by atoms with Crippen molar-refractivity contribution < 1.29 is 18.3 Å². The lowest BCUT2D eigenvalue weighted by atomic mass is 10.1. The third-order valence-electron chi connectivity index (χ3n) is 2.24. The smallest absolute Gasteiger partial charge is 0.335 e. The van der Waals surface area contributed by atoms with E-state index < -0.39 is 16.0 Å². The molecule has 0 aliphatic carbocycles. The van der Waals surface area contributed by atoms with Crippen LogP contribution < -0.4 is 5.73 Å². The molecular formula is C9H8N2O4S. The van der Waals surface area contributed by atoms with E-state index in [2.05, 4.69) is 4.40 Å². The van der Waals surface area contributed by atoms with Gasteiger partial charge >= 0.3 is 5.97 Å². The molecule has 1 aliphatic heterocycles. The predicted molar refractivity (Wildman–Crippen MR) is 56.2 cm³/mol. The molecule has 84 valence electrons. The molecule has 1 heterocycles. The molecule has 0 atom stereocenters. The van der Waals surface area contributed by atoms with Gasteiger partial charge in [-0.2, -0.15) is 12.8 Å². The van der Waals surface area contributed by atoms with Crippen LogP contribution in [0.15, 0.2) is 27.5 Å². The van der Waals surface area contributed by atoms with Crippen molar-refractivity contribution in [1.82, 2.24) is 0 Å². The van der Waals surface area contributed by atoms with Gasteiger partial charge in [-0.25, -0.2) is 4.79 Å². The van der Waals surface area contributed by atoms with Gasteiger partial charge in [0.05, 0.1) is 16.2 Å². The Balaban J connectivity index is 2.69. The number of sulfonamides is 1. The maximum atomic E-state index is 11.6. The van der Waals surface area contributed by atoms with Crippen LogP contribution in [0.2, 0.25) is 0 Å². The highest BCUT2D eigenvalue weighted by Gasteiger charge is 2.28. The molecule has 0 saturated carbocycles. The van der Waals surface area contributed by atoms with Crippen molar-refractivity contribution in [2.75, 3.05) is 6.54 Å². The molecule has 3 N–H and O–H groups in total. The highest BCUT2D eigenvalue weighted by atomic mass is 32.2. The van der Waals surface area contributed by atoms with E-state index in [1.165, 1.54) is 12.1 Å². The van der Waals surface area contributed by atoms with Crippen LogP contribution in [0, 0.1) is 0 Å². The Hall–Kier alpha value is -1.73. The molecule has 6 nitrogen and oxygen atoms in total. The van der Waals surface area contributed by atoms with Gasteiger partial charge < -0.3 is 10.8 Å². The number of hydrogen-bond donors (Lipinski definition) is 2. The molecule has 0 saturated heterocycles. The zero-order valence-electron chi connectivity index (χ0n) is 8.04. The Morgan fingerprint density at radius 2 is 2.12 bits per heavy atom. The summed E-state index contributed by atoms with van der Waals surface area (Å²) in [5.41, 5.74) is 5.91. The number of benzene rings is 1. The Bertz CT molecular complexity index is 604. The molecular weight excluding hydrogens is 232 g/mol. The van der Waals surface area contributed by atoms with Crippen molar-refractivity contribution in [2.45, 2.75) is 4.90 Å². The van der Waals surface area contributed by atoms with Crippen LogP contribution in [-0.2, 0) is 10.0 Å². The van der Waals surface area contributed by atoms with E-state index in [0.29, 0.717) is 5.56 Å². The number of hydrogen-bond acceptors (Lipinski definition) is 4. The van der Waals surface area contributed by atoms with Crippen LogP contribution in [0.5, 0.6) is 0 Å². The van der Waals surface area contributed by atoms with Gasteiger partial charge in [-0.3, -0.25) is 0 Å². The molecule has 1 aliphatic rings. The van der Waals surface area contributed by atoms with Gasteiger partial charge in [-0.1, -0.05) is 6.07 Å². The molecule has 1 aromatic carbocycles. The summed E-state index contributed by atoms with van der Waals surface area (Å²) in [7, 11) is -3.78. The van der Waals surface area contributed by atoms with E-state index in [4.69, 9.17) is 10.8 Å². The van der Waals surface area contributed by atoms with Crippen molar-refractivity contribution in [3.8, 4) is 0 Å². The van der Waals surface area contributed by atoms with Gasteiger partial charge in [0.2, 0.25) is 0 Å². The molecule has 0 bridgehead atoms. The summed E-state index contributed by atoms with van der Waals surface area (Å²) in [4.78, 5) is 10.6. The van der Waals surface area contributed by atoms with Crippen molar-refractivity contribution >= 4 is 21.7 Å². The number of rotatable bonds is 2. The number of nitrogens with zero attached hydrogens (tertiary/aromatic N) is 1. The van der Waals surface area contributed by atoms with Crippen molar-refractivity contribution in [2.24, 2.45) is 10.1 Å². The zero-order valence-corrected chi connectivity index (χ0v) is 8.86. The summed E-state index contributed by atoms with van der Waals surface area (Å²) in [5, 5.41) is 8.75. The summed E-state index contributed by atoms with van der Waals surface area (Å²) in [6.45, 7) is -0.00134. The SMILES string of the molecule is NCC1=NS(=O)(=O)c2cc(C(=O)O)ccc21. The van der Waals surface area contributed by atoms with Crippen molar-refractivity contribution in [3.63, 3.8) is 0 Å². The second-order valence-corrected chi connectivity index (χ2v) is 4.81. The van der Waals surface area contributed by atoms with Gasteiger partial charge in [-0.15, -0.1) is 0 Å². The second kappa shape index (κ2) is 3.39. The summed E-state index contributed by atoms with van der Waals surface area (Å²) >= 11 is 0. The normalized spacial score (nSPS) is 16.7. The van der Waals surface area contributed by atoms with E-state index in [1.54, 1.807) is 0 Å². The van der Waals surface area contributed by atoms with Gasteiger partial charge in [0.1, 0.15) is 0 Å². The molecule has 0 fully saturated rings. The average Bonchev–Trinajstić information content (AvgIpc) is 2.50. The largest absolute Gasteiger partial charge is 0.478 e. The maximum Gasteiger partial charge on any atom is 0.335 e. The highest BCUT2D eigenvalue weighted by molar-refractivity contribution is 7.90. The Morgan fingerprint density at radius 1 is 1.44 bits per heavy atom. The number of aromatic carboxylic acids is 1. The minimum atomic E-state index is -3.78. The first kappa shape index (κ1) is 10.8. The first-order chi connectivity index (χ1) is 7.45. The van der Waals surface area contributed by atoms with Crippen LogP contribution in [0.4, 0.5) is 0 Å². The topological polar surface area (TPSA) is 110 Å². The minimum absolute atomic E-state index is 0.00134. The lowest BCUT2D eigenvalue weighted by Crippen LogP contribution is -2.13. The summed E-state index contributed by atoms with van der Waals surface area (Å²) in [5.74, 6) is -1.18. The molecule has 0 unspecified atom stereocenters. The highest BCUT2D eigenvalue weighted by Crippen LogP contribution is 2.26. The fourth-order valence-corrected chi connectivity index (χ4v) is 2.80. The maximum absolute atomic E-state index is 11.6. The van der Waals surface area contributed by atoms with Gasteiger partial charge in [-0.05, 0) is 12.1 Å². The lowest BCUT2D eigenvalue weighted by molar-refractivity contribution is 0.0696. The summed E-state index contributed by atoms with van der Waals surface area (Å²) in [6.07, 6.45) is 0. The van der Waals surface area contributed by atoms with Gasteiger partial charge in [0.25, 0.3) is 10.0 Å². The van der Waals surface area contributed by atoms with E-state index in [1.807, 2.05) is 0 Å². The molecule has 0 amide bonds. The van der Waals surface area contributed by atoms with E-state index in [-0.39, 0.29) is 22.7 Å². The van der Waals surface area contributed by atoms with E-state index in [9.17, 15) is 13.2 Å². The Morgan fingerprint density at radius 3 is 2.69 bits per heavy atom. The number of carboxylic acids is 1. The number of carbonyl (C=O) groups is 1. The van der Waals surface area contributed by atoms with E-state index in [0.717, 1.165) is 6.07 Å². The number of fused-ring (bicyclic) bond motifs is 1. The molecule has 0 spiro atoms. The minimum Gasteiger partial charge on any atom is -0.478 e. The van der Waals surface area contributed by atoms with Crippen LogP contribution >= 0.6 is 0 Å². The molecule has 0 radical (unpaired) electrons. The second-order valence-electron chi connectivity index (χ2n) is 3.23. The average molecular weight is 240 g/mol. The third kappa shape index (κ3) is 1.50. The quantitative estimate of drug-likeness (QED) is 0.746. The fourth-order valence-electron chi connectivity index (χ4n) is 1.50. The fraction of sp³-hybridized carbons (Fsp3) is 0.111. The van der Waals surface area contributed by atoms with E-state index >= 15 is 0 Å². The van der Waals surface area contributed by atoms with Crippen molar-refractivity contribution in [3.05, 3.63) is 29.3 Å². The van der Waals surface area contributed by atoms with Crippen LogP contribution in [0.25, 0.3) is 0 Å². The predicted octanol–water partition coefficient (Wildman–Crippen LogP) is -0.165. The van der Waals surface area contributed by atoms with Crippen molar-refractivity contribution in [1.29, 1.82) is 0 Å². The monoisotopic (exact) mass is 240 g/mol. The summed E-state index contributed by atoms with van der Waals surface area (Å²) < 4.78 is 26.6. The molecule has 2 rings (SSSR count). The first-order valence-corrected chi connectivity index (χ1v) is 5.81. The van der Waals surface area contributed by atoms with Crippen LogP contribution in [0.1, 0.15) is 15.9 Å². The van der Waals surface area contributed by atoms with Gasteiger partial charge in [0.15, 0.2) is 0 Å².